The monoisotopic (exact) mass is 279 g/mol. The Hall–Kier alpha value is -1.62. The van der Waals surface area contributed by atoms with E-state index in [1.165, 1.54) is 43.9 Å². The summed E-state index contributed by atoms with van der Waals surface area (Å²) in [6, 6.07) is 3.97. The smallest absolute Gasteiger partial charge is 0.238 e. The lowest BCUT2D eigenvalue weighted by atomic mass is 10.1. The number of carbonyl (C=O) groups is 1. The molecule has 4 nitrogen and oxygen atoms in total. The molecule has 2 rings (SSSR count). The van der Waals surface area contributed by atoms with Gasteiger partial charge in [-0.25, -0.2) is 4.39 Å². The van der Waals surface area contributed by atoms with Crippen LogP contribution in [-0.4, -0.2) is 30.9 Å². The highest BCUT2D eigenvalue weighted by Crippen LogP contribution is 2.25. The van der Waals surface area contributed by atoms with Crippen molar-refractivity contribution >= 4 is 17.3 Å². The maximum absolute atomic E-state index is 13.1. The van der Waals surface area contributed by atoms with Crippen LogP contribution in [0.3, 0.4) is 0 Å². The summed E-state index contributed by atoms with van der Waals surface area (Å²) in [5, 5.41) is 2.66. The number of nitrogen functional groups attached to an aromatic ring is 1. The van der Waals surface area contributed by atoms with Crippen LogP contribution in [0.4, 0.5) is 15.8 Å². The van der Waals surface area contributed by atoms with Gasteiger partial charge in [0.15, 0.2) is 0 Å². The lowest BCUT2D eigenvalue weighted by Crippen LogP contribution is -2.33. The molecule has 0 unspecified atom stereocenters. The topological polar surface area (TPSA) is 58.4 Å². The summed E-state index contributed by atoms with van der Waals surface area (Å²) < 4.78 is 13.1. The number of anilines is 2. The summed E-state index contributed by atoms with van der Waals surface area (Å²) in [4.78, 5) is 13.9. The Kier molecular flexibility index (Phi) is 4.95. The van der Waals surface area contributed by atoms with Crippen LogP contribution in [0.1, 0.15) is 25.7 Å². The third-order valence-electron chi connectivity index (χ3n) is 3.75. The molecule has 20 heavy (non-hydrogen) atoms. The number of nitrogens with zero attached hydrogens (tertiary/aromatic N) is 1. The van der Waals surface area contributed by atoms with Gasteiger partial charge in [0, 0.05) is 6.54 Å². The van der Waals surface area contributed by atoms with E-state index in [4.69, 9.17) is 5.73 Å². The summed E-state index contributed by atoms with van der Waals surface area (Å²) in [6.45, 7) is 1.23. The van der Waals surface area contributed by atoms with Gasteiger partial charge in [0.2, 0.25) is 5.91 Å². The van der Waals surface area contributed by atoms with Crippen molar-refractivity contribution in [3.05, 3.63) is 24.0 Å². The molecule has 1 amide bonds. The van der Waals surface area contributed by atoms with E-state index >= 15 is 0 Å². The summed E-state index contributed by atoms with van der Waals surface area (Å²) >= 11 is 0. The van der Waals surface area contributed by atoms with Crippen molar-refractivity contribution in [3.8, 4) is 0 Å². The molecule has 1 aromatic carbocycles. The van der Waals surface area contributed by atoms with E-state index in [1.54, 1.807) is 0 Å². The Morgan fingerprint density at radius 3 is 2.85 bits per heavy atom. The van der Waals surface area contributed by atoms with E-state index < -0.39 is 5.82 Å². The molecule has 3 N–H and O–H groups in total. The first-order valence-electron chi connectivity index (χ1n) is 7.08. The zero-order valence-electron chi connectivity index (χ0n) is 11.9. The third-order valence-corrected chi connectivity index (χ3v) is 3.75. The van der Waals surface area contributed by atoms with Crippen molar-refractivity contribution in [1.29, 1.82) is 0 Å². The van der Waals surface area contributed by atoms with Crippen molar-refractivity contribution in [2.24, 2.45) is 5.92 Å². The van der Waals surface area contributed by atoms with E-state index in [9.17, 15) is 9.18 Å². The van der Waals surface area contributed by atoms with E-state index in [1.807, 2.05) is 11.9 Å². The van der Waals surface area contributed by atoms with Gasteiger partial charge in [-0.1, -0.05) is 12.8 Å². The van der Waals surface area contributed by atoms with Crippen LogP contribution in [0.5, 0.6) is 0 Å². The molecule has 0 bridgehead atoms. The Balaban J connectivity index is 1.83. The van der Waals surface area contributed by atoms with Gasteiger partial charge in [0.05, 0.1) is 17.9 Å². The lowest BCUT2D eigenvalue weighted by Gasteiger charge is -2.20. The maximum atomic E-state index is 13.1. The molecule has 1 fully saturated rings. The Labute approximate surface area is 119 Å². The quantitative estimate of drug-likeness (QED) is 0.814. The molecule has 1 aliphatic carbocycles. The minimum Gasteiger partial charge on any atom is -0.397 e. The average molecular weight is 279 g/mol. The van der Waals surface area contributed by atoms with Crippen LogP contribution in [0, 0.1) is 11.7 Å². The third kappa shape index (κ3) is 4.20. The van der Waals surface area contributed by atoms with Crippen LogP contribution in [0.2, 0.25) is 0 Å². The number of halogens is 1. The zero-order valence-corrected chi connectivity index (χ0v) is 11.9. The van der Waals surface area contributed by atoms with Gasteiger partial charge in [-0.05, 0) is 44.0 Å². The number of hydrogen-bond acceptors (Lipinski definition) is 3. The lowest BCUT2D eigenvalue weighted by molar-refractivity contribution is -0.117. The number of amides is 1. The molecule has 1 saturated carbocycles. The van der Waals surface area contributed by atoms with Crippen molar-refractivity contribution in [1.82, 2.24) is 4.90 Å². The number of carbonyl (C=O) groups excluding carboxylic acids is 1. The molecule has 5 heteroatoms. The molecule has 0 aliphatic heterocycles. The largest absolute Gasteiger partial charge is 0.397 e. The van der Waals surface area contributed by atoms with Crippen molar-refractivity contribution in [2.75, 3.05) is 31.2 Å². The SMILES string of the molecule is CN(CC(=O)Nc1cc(F)ccc1N)CC1CCCC1. The summed E-state index contributed by atoms with van der Waals surface area (Å²) in [5.41, 5.74) is 6.42. The Morgan fingerprint density at radius 1 is 1.45 bits per heavy atom. The van der Waals surface area contributed by atoms with Crippen molar-refractivity contribution in [3.63, 3.8) is 0 Å². The number of rotatable bonds is 5. The maximum Gasteiger partial charge on any atom is 0.238 e. The molecule has 110 valence electrons. The number of likely N-dealkylation sites (N-methyl/N-ethyl adjacent to an activating group) is 1. The fraction of sp³-hybridized carbons (Fsp3) is 0.533. The molecule has 0 spiro atoms. The number of nitrogens with two attached hydrogens (primary N) is 1. The molecule has 0 heterocycles. The second-order valence-electron chi connectivity index (χ2n) is 5.63. The van der Waals surface area contributed by atoms with Gasteiger partial charge in [-0.2, -0.15) is 0 Å². The van der Waals surface area contributed by atoms with Crippen LogP contribution < -0.4 is 11.1 Å². The summed E-state index contributed by atoms with van der Waals surface area (Å²) in [7, 11) is 1.94. The van der Waals surface area contributed by atoms with Crippen LogP contribution in [-0.2, 0) is 4.79 Å². The number of nitrogens with one attached hydrogen (secondary N) is 1. The summed E-state index contributed by atoms with van der Waals surface area (Å²) in [6.07, 6.45) is 5.10. The molecule has 0 aromatic heterocycles. The zero-order chi connectivity index (χ0) is 14.5. The fourth-order valence-corrected chi connectivity index (χ4v) is 2.77. The van der Waals surface area contributed by atoms with E-state index in [2.05, 4.69) is 5.32 Å². The van der Waals surface area contributed by atoms with E-state index in [-0.39, 0.29) is 5.91 Å². The average Bonchev–Trinajstić information content (AvgIpc) is 2.86. The molecule has 0 atom stereocenters. The standard InChI is InChI=1S/C15H22FN3O/c1-19(9-11-4-2-3-5-11)10-15(20)18-14-8-12(16)6-7-13(14)17/h6-8,11H,2-5,9-10,17H2,1H3,(H,18,20). The highest BCUT2D eigenvalue weighted by atomic mass is 19.1. The van der Waals surface area contributed by atoms with E-state index in [0.29, 0.717) is 23.8 Å². The van der Waals surface area contributed by atoms with Gasteiger partial charge in [0.1, 0.15) is 5.82 Å². The number of hydrogen-bond donors (Lipinski definition) is 2. The first-order chi connectivity index (χ1) is 9.54. The van der Waals surface area contributed by atoms with E-state index in [0.717, 1.165) is 6.54 Å². The first-order valence-corrected chi connectivity index (χ1v) is 7.08. The Bertz CT molecular complexity index is 472. The van der Waals surface area contributed by atoms with Gasteiger partial charge >= 0.3 is 0 Å². The second-order valence-corrected chi connectivity index (χ2v) is 5.63. The molecule has 0 radical (unpaired) electrons. The molecular weight excluding hydrogens is 257 g/mol. The first kappa shape index (κ1) is 14.8. The van der Waals surface area contributed by atoms with Gasteiger partial charge in [-0.3, -0.25) is 9.69 Å². The highest BCUT2D eigenvalue weighted by Gasteiger charge is 2.18. The minimum absolute atomic E-state index is 0.164. The Morgan fingerprint density at radius 2 is 2.15 bits per heavy atom. The minimum atomic E-state index is -0.409. The molecular formula is C15H22FN3O. The van der Waals surface area contributed by atoms with Crippen LogP contribution in [0.25, 0.3) is 0 Å². The van der Waals surface area contributed by atoms with Gasteiger partial charge < -0.3 is 11.1 Å². The number of benzene rings is 1. The van der Waals surface area contributed by atoms with Crippen molar-refractivity contribution in [2.45, 2.75) is 25.7 Å². The molecule has 1 aliphatic rings. The predicted octanol–water partition coefficient (Wildman–Crippen LogP) is 2.47. The highest BCUT2D eigenvalue weighted by molar-refractivity contribution is 5.95. The van der Waals surface area contributed by atoms with Crippen molar-refractivity contribution < 1.29 is 9.18 Å². The predicted molar refractivity (Wildman–Crippen MR) is 78.9 cm³/mol. The summed E-state index contributed by atoms with van der Waals surface area (Å²) in [5.74, 6) is 0.128. The fourth-order valence-electron chi connectivity index (χ4n) is 2.77. The van der Waals surface area contributed by atoms with Gasteiger partial charge in [0.25, 0.3) is 0 Å². The second kappa shape index (κ2) is 6.70. The molecule has 0 saturated heterocycles. The van der Waals surface area contributed by atoms with Gasteiger partial charge in [-0.15, -0.1) is 0 Å². The van der Waals surface area contributed by atoms with Crippen LogP contribution in [0.15, 0.2) is 18.2 Å². The normalized spacial score (nSPS) is 15.8. The molecule has 1 aromatic rings. The van der Waals surface area contributed by atoms with Crippen LogP contribution >= 0.6 is 0 Å².